The van der Waals surface area contributed by atoms with Gasteiger partial charge in [0.15, 0.2) is 11.9 Å². The van der Waals surface area contributed by atoms with Crippen molar-refractivity contribution in [3.63, 3.8) is 0 Å². The van der Waals surface area contributed by atoms with E-state index in [-0.39, 0.29) is 18.2 Å². The van der Waals surface area contributed by atoms with Crippen LogP contribution in [0.25, 0.3) is 0 Å². The fourth-order valence-electron chi connectivity index (χ4n) is 2.65. The van der Waals surface area contributed by atoms with Crippen molar-refractivity contribution < 1.29 is 14.3 Å². The van der Waals surface area contributed by atoms with Crippen LogP contribution in [0.3, 0.4) is 0 Å². The quantitative estimate of drug-likeness (QED) is 0.817. The molecule has 0 aliphatic carbocycles. The third-order valence-electron chi connectivity index (χ3n) is 4.00. The van der Waals surface area contributed by atoms with E-state index in [1.165, 1.54) is 4.90 Å². The summed E-state index contributed by atoms with van der Waals surface area (Å²) in [5.74, 6) is 0.364. The summed E-state index contributed by atoms with van der Waals surface area (Å²) in [7, 11) is 0. The van der Waals surface area contributed by atoms with Gasteiger partial charge in [0.05, 0.1) is 12.2 Å². The van der Waals surface area contributed by atoms with Crippen molar-refractivity contribution >= 4 is 17.4 Å². The predicted molar refractivity (Wildman–Crippen MR) is 89.1 cm³/mol. The Balaban J connectivity index is 1.92. The maximum Gasteiger partial charge on any atom is 0.268 e. The van der Waals surface area contributed by atoms with Crippen LogP contribution in [0, 0.1) is 13.8 Å². The van der Waals surface area contributed by atoms with Crippen molar-refractivity contribution in [3.8, 4) is 5.75 Å². The average molecular weight is 309 g/mol. The fraction of sp³-hybridized carbons (Fsp3) is 0.263. The first-order valence-electron chi connectivity index (χ1n) is 7.64. The lowest BCUT2D eigenvalue weighted by molar-refractivity contribution is -0.125. The number of ether oxygens (including phenoxy) is 1. The summed E-state index contributed by atoms with van der Waals surface area (Å²) in [6, 6.07) is 13.0. The highest BCUT2D eigenvalue weighted by Crippen LogP contribution is 2.34. The Morgan fingerprint density at radius 2 is 1.74 bits per heavy atom. The maximum absolute atomic E-state index is 12.5. The summed E-state index contributed by atoms with van der Waals surface area (Å²) in [5.41, 5.74) is 3.38. The van der Waals surface area contributed by atoms with E-state index in [9.17, 15) is 9.59 Å². The lowest BCUT2D eigenvalue weighted by Gasteiger charge is -2.32. The molecule has 0 radical (unpaired) electrons. The molecule has 0 N–H and O–H groups in total. The Bertz CT molecular complexity index is 765. The Morgan fingerprint density at radius 3 is 2.43 bits per heavy atom. The number of hydrogen-bond donors (Lipinski definition) is 0. The van der Waals surface area contributed by atoms with Crippen molar-refractivity contribution in [1.29, 1.82) is 0 Å². The smallest absolute Gasteiger partial charge is 0.268 e. The van der Waals surface area contributed by atoms with E-state index in [1.807, 2.05) is 44.2 Å². The van der Waals surface area contributed by atoms with Crippen LogP contribution in [0.5, 0.6) is 5.75 Å². The Morgan fingerprint density at radius 1 is 1.09 bits per heavy atom. The average Bonchev–Trinajstić information content (AvgIpc) is 2.53. The van der Waals surface area contributed by atoms with Gasteiger partial charge in [0.1, 0.15) is 5.75 Å². The van der Waals surface area contributed by atoms with E-state index >= 15 is 0 Å². The zero-order chi connectivity index (χ0) is 16.6. The largest absolute Gasteiger partial charge is 0.479 e. The molecular formula is C19H19NO3. The molecule has 23 heavy (non-hydrogen) atoms. The van der Waals surface area contributed by atoms with Crippen LogP contribution in [0.4, 0.5) is 5.69 Å². The van der Waals surface area contributed by atoms with Crippen LogP contribution in [0.15, 0.2) is 42.5 Å². The van der Waals surface area contributed by atoms with E-state index in [0.717, 1.165) is 11.1 Å². The van der Waals surface area contributed by atoms with Crippen LogP contribution in [-0.2, 0) is 4.79 Å². The topological polar surface area (TPSA) is 46.6 Å². The number of nitrogens with zero attached hydrogens (tertiary/aromatic N) is 1. The van der Waals surface area contributed by atoms with E-state index in [4.69, 9.17) is 4.74 Å². The summed E-state index contributed by atoms with van der Waals surface area (Å²) >= 11 is 0. The molecule has 1 aliphatic heterocycles. The molecule has 1 aliphatic rings. The molecule has 0 unspecified atom stereocenters. The van der Waals surface area contributed by atoms with Crippen molar-refractivity contribution in [1.82, 2.24) is 0 Å². The standard InChI is InChI=1S/C19H19NO3/c1-12-4-7-15(8-5-12)17(21)11-20-16-10-13(2)6-9-18(16)23-14(3)19(20)22/h4-10,14H,11H2,1-3H3/t14-/m1/s1. The van der Waals surface area contributed by atoms with E-state index < -0.39 is 6.10 Å². The highest BCUT2D eigenvalue weighted by atomic mass is 16.5. The predicted octanol–water partition coefficient (Wildman–Crippen LogP) is 3.30. The molecule has 0 saturated carbocycles. The lowest BCUT2D eigenvalue weighted by Crippen LogP contribution is -2.46. The highest BCUT2D eigenvalue weighted by Gasteiger charge is 2.32. The number of Topliss-reactive ketones (excluding diaryl/α,β-unsaturated/α-hetero) is 1. The summed E-state index contributed by atoms with van der Waals surface area (Å²) in [6.45, 7) is 5.64. The van der Waals surface area contributed by atoms with Crippen molar-refractivity contribution in [3.05, 3.63) is 59.2 Å². The van der Waals surface area contributed by atoms with Gasteiger partial charge in [-0.3, -0.25) is 14.5 Å². The van der Waals surface area contributed by atoms with Crippen molar-refractivity contribution in [2.24, 2.45) is 0 Å². The third kappa shape index (κ3) is 2.97. The molecule has 1 amide bonds. The Kier molecular flexibility index (Phi) is 3.90. The minimum Gasteiger partial charge on any atom is -0.479 e. The first-order chi connectivity index (χ1) is 11.0. The normalized spacial score (nSPS) is 16.7. The fourth-order valence-corrected chi connectivity index (χ4v) is 2.65. The molecule has 2 aromatic carbocycles. The maximum atomic E-state index is 12.5. The van der Waals surface area contributed by atoms with Crippen LogP contribution >= 0.6 is 0 Å². The van der Waals surface area contributed by atoms with Gasteiger partial charge >= 0.3 is 0 Å². The number of carbonyl (C=O) groups excluding carboxylic acids is 2. The van der Waals surface area contributed by atoms with E-state index in [0.29, 0.717) is 17.0 Å². The molecule has 0 spiro atoms. The molecular weight excluding hydrogens is 290 g/mol. The van der Waals surface area contributed by atoms with Gasteiger partial charge in [-0.25, -0.2) is 0 Å². The molecule has 118 valence electrons. The third-order valence-corrected chi connectivity index (χ3v) is 4.00. The van der Waals surface area contributed by atoms with E-state index in [2.05, 4.69) is 0 Å². The van der Waals surface area contributed by atoms with Gasteiger partial charge in [0.2, 0.25) is 0 Å². The molecule has 2 aromatic rings. The second-order valence-electron chi connectivity index (χ2n) is 5.94. The molecule has 0 saturated heterocycles. The van der Waals surface area contributed by atoms with E-state index in [1.54, 1.807) is 19.1 Å². The Hall–Kier alpha value is -2.62. The second kappa shape index (κ2) is 5.88. The molecule has 4 heteroatoms. The molecule has 0 bridgehead atoms. The summed E-state index contributed by atoms with van der Waals surface area (Å²) in [6.07, 6.45) is -0.587. The zero-order valence-corrected chi connectivity index (χ0v) is 13.5. The summed E-state index contributed by atoms with van der Waals surface area (Å²) < 4.78 is 5.63. The van der Waals surface area contributed by atoms with Crippen LogP contribution < -0.4 is 9.64 Å². The van der Waals surface area contributed by atoms with Gasteiger partial charge < -0.3 is 4.74 Å². The molecule has 0 fully saturated rings. The second-order valence-corrected chi connectivity index (χ2v) is 5.94. The number of aryl methyl sites for hydroxylation is 2. The summed E-state index contributed by atoms with van der Waals surface area (Å²) in [5, 5.41) is 0. The number of carbonyl (C=O) groups is 2. The summed E-state index contributed by atoms with van der Waals surface area (Å²) in [4.78, 5) is 26.5. The Labute approximate surface area is 135 Å². The molecule has 0 aromatic heterocycles. The van der Waals surface area contributed by atoms with Crippen LogP contribution in [0.2, 0.25) is 0 Å². The number of ketones is 1. The molecule has 1 heterocycles. The van der Waals surface area contributed by atoms with Gasteiger partial charge in [-0.1, -0.05) is 35.9 Å². The molecule has 3 rings (SSSR count). The lowest BCUT2D eigenvalue weighted by atomic mass is 10.1. The number of hydrogen-bond acceptors (Lipinski definition) is 3. The monoisotopic (exact) mass is 309 g/mol. The molecule has 4 nitrogen and oxygen atoms in total. The number of anilines is 1. The highest BCUT2D eigenvalue weighted by molar-refractivity contribution is 6.08. The minimum atomic E-state index is -0.587. The number of amides is 1. The number of fused-ring (bicyclic) bond motifs is 1. The van der Waals surface area contributed by atoms with Gasteiger partial charge in [0.25, 0.3) is 5.91 Å². The van der Waals surface area contributed by atoms with Gasteiger partial charge in [-0.15, -0.1) is 0 Å². The van der Waals surface area contributed by atoms with Crippen molar-refractivity contribution in [2.45, 2.75) is 26.9 Å². The van der Waals surface area contributed by atoms with Crippen LogP contribution in [-0.4, -0.2) is 24.3 Å². The number of benzene rings is 2. The van der Waals surface area contributed by atoms with Crippen LogP contribution in [0.1, 0.15) is 28.4 Å². The van der Waals surface area contributed by atoms with Gasteiger partial charge in [-0.2, -0.15) is 0 Å². The number of rotatable bonds is 3. The van der Waals surface area contributed by atoms with Crippen molar-refractivity contribution in [2.75, 3.05) is 11.4 Å². The first-order valence-corrected chi connectivity index (χ1v) is 7.64. The van der Waals surface area contributed by atoms with Gasteiger partial charge in [0, 0.05) is 5.56 Å². The first kappa shape index (κ1) is 15.3. The SMILES string of the molecule is Cc1ccc(C(=O)CN2C(=O)[C@@H](C)Oc3ccc(C)cc32)cc1. The zero-order valence-electron chi connectivity index (χ0n) is 13.5. The molecule has 1 atom stereocenters. The minimum absolute atomic E-state index is 0.0199. The van der Waals surface area contributed by atoms with Gasteiger partial charge in [-0.05, 0) is 38.5 Å².